The van der Waals surface area contributed by atoms with Crippen molar-refractivity contribution >= 4 is 25.5 Å². The Balaban J connectivity index is 2.42. The molecule has 0 amide bonds. The average Bonchev–Trinajstić information content (AvgIpc) is 2.51. The Morgan fingerprint density at radius 2 is 1.07 bits per heavy atom. The van der Waals surface area contributed by atoms with Crippen molar-refractivity contribution in [1.29, 1.82) is 0 Å². The predicted molar refractivity (Wildman–Crippen MR) is 68.6 cm³/mol. The quantitative estimate of drug-likeness (QED) is 0.656. The van der Waals surface area contributed by atoms with Crippen LogP contribution in [0.15, 0.2) is 48.5 Å². The van der Waals surface area contributed by atoms with E-state index in [1.54, 1.807) is 7.16 Å². The Labute approximate surface area is 94.8 Å². The van der Waals surface area contributed by atoms with E-state index in [9.17, 15) is 0 Å². The van der Waals surface area contributed by atoms with E-state index in [1.165, 1.54) is 11.1 Å². The summed E-state index contributed by atoms with van der Waals surface area (Å²) < 4.78 is 3.32. The molecule has 0 N–H and O–H groups in total. The number of hydrogen-bond acceptors (Lipinski definition) is 0. The normalized spacial score (nSPS) is 15.9. The molecule has 15 heavy (non-hydrogen) atoms. The van der Waals surface area contributed by atoms with E-state index in [4.69, 9.17) is 0 Å². The van der Waals surface area contributed by atoms with Crippen molar-refractivity contribution in [3.8, 4) is 11.1 Å². The van der Waals surface area contributed by atoms with Gasteiger partial charge in [0.05, 0.1) is 0 Å². The van der Waals surface area contributed by atoms with Gasteiger partial charge in [-0.1, -0.05) is 0 Å². The van der Waals surface area contributed by atoms with Crippen LogP contribution in [0.4, 0.5) is 0 Å². The van der Waals surface area contributed by atoms with Crippen molar-refractivity contribution in [3.63, 3.8) is 0 Å². The van der Waals surface area contributed by atoms with Crippen LogP contribution in [0.3, 0.4) is 0 Å². The number of fused-ring (bicyclic) bond motifs is 3. The summed E-state index contributed by atoms with van der Waals surface area (Å²) in [6, 6.07) is 17.9. The molecule has 0 spiro atoms. The van der Waals surface area contributed by atoms with Crippen molar-refractivity contribution in [2.45, 2.75) is 9.88 Å². The van der Waals surface area contributed by atoms with Crippen LogP contribution in [-0.2, 0) is 0 Å². The van der Waals surface area contributed by atoms with Crippen molar-refractivity contribution in [2.75, 3.05) is 0 Å². The van der Waals surface area contributed by atoms with E-state index in [1.807, 2.05) is 0 Å². The summed E-state index contributed by atoms with van der Waals surface area (Å²) in [6.45, 7) is 0. The van der Waals surface area contributed by atoms with Gasteiger partial charge in [0.2, 0.25) is 0 Å². The molecule has 0 bridgehead atoms. The second-order valence-electron chi connectivity index (χ2n) is 4.72. The molecule has 1 aliphatic rings. The summed E-state index contributed by atoms with van der Waals surface area (Å²) in [5, 5.41) is 0. The Kier molecular flexibility index (Phi) is 1.96. The molecule has 3 rings (SSSR count). The van der Waals surface area contributed by atoms with Gasteiger partial charge in [-0.25, -0.2) is 0 Å². The van der Waals surface area contributed by atoms with E-state index in [2.05, 4.69) is 58.4 Å². The first-order chi connectivity index (χ1) is 7.21. The van der Waals surface area contributed by atoms with Crippen molar-refractivity contribution in [2.24, 2.45) is 0 Å². The van der Waals surface area contributed by atoms with Gasteiger partial charge in [0.1, 0.15) is 0 Å². The van der Waals surface area contributed by atoms with Gasteiger partial charge in [0, 0.05) is 0 Å². The third-order valence-corrected chi connectivity index (χ3v) is 13.7. The molecular weight excluding hydrogens is 287 g/mol. The Bertz CT molecular complexity index is 479. The van der Waals surface area contributed by atoms with Crippen LogP contribution >= 0.6 is 0 Å². The summed E-state index contributed by atoms with van der Waals surface area (Å²) in [6.07, 6.45) is 0. The summed E-state index contributed by atoms with van der Waals surface area (Å²) in [5.41, 5.74) is 2.99. The van der Waals surface area contributed by atoms with Crippen LogP contribution in [0.5, 0.6) is 0 Å². The third-order valence-electron chi connectivity index (χ3n) is 3.49. The molecule has 0 nitrogen and oxygen atoms in total. The van der Waals surface area contributed by atoms with Crippen LogP contribution in [0.1, 0.15) is 0 Å². The molecule has 0 aromatic heterocycles. The summed E-state index contributed by atoms with van der Waals surface area (Å²) in [4.78, 5) is 5.03. The SMILES string of the molecule is [CH3][Sn]1([CH3])[c]2ccccc2-c2cccc[c]21. The van der Waals surface area contributed by atoms with E-state index in [0.29, 0.717) is 0 Å². The van der Waals surface area contributed by atoms with Crippen molar-refractivity contribution in [3.05, 3.63) is 48.5 Å². The molecule has 0 radical (unpaired) electrons. The molecule has 2 aromatic rings. The fourth-order valence-electron chi connectivity index (χ4n) is 2.67. The van der Waals surface area contributed by atoms with Gasteiger partial charge in [-0.15, -0.1) is 0 Å². The number of benzene rings is 2. The molecule has 0 aliphatic carbocycles. The zero-order valence-electron chi connectivity index (χ0n) is 9.12. The summed E-state index contributed by atoms with van der Waals surface area (Å²) in [7, 11) is 0. The number of hydrogen-bond donors (Lipinski definition) is 0. The minimum atomic E-state index is -2.17. The molecule has 1 heterocycles. The van der Waals surface area contributed by atoms with E-state index in [-0.39, 0.29) is 0 Å². The molecule has 74 valence electrons. The van der Waals surface area contributed by atoms with Gasteiger partial charge < -0.3 is 0 Å². The maximum absolute atomic E-state index is 2.51. The maximum atomic E-state index is 2.51. The molecule has 1 heteroatoms. The molecule has 0 fully saturated rings. The molecule has 0 saturated carbocycles. The van der Waals surface area contributed by atoms with Crippen LogP contribution in [0.25, 0.3) is 11.1 Å². The van der Waals surface area contributed by atoms with Crippen LogP contribution in [0, 0.1) is 0 Å². The van der Waals surface area contributed by atoms with Gasteiger partial charge in [0.15, 0.2) is 0 Å². The first-order valence-corrected chi connectivity index (χ1v) is 14.0. The first kappa shape index (κ1) is 9.46. The molecule has 2 aromatic carbocycles. The molecular formula is C14H14Sn. The van der Waals surface area contributed by atoms with E-state index < -0.39 is 18.4 Å². The molecule has 0 saturated heterocycles. The third kappa shape index (κ3) is 1.21. The molecule has 1 aliphatic heterocycles. The number of rotatable bonds is 0. The van der Waals surface area contributed by atoms with Crippen LogP contribution in [-0.4, -0.2) is 18.4 Å². The van der Waals surface area contributed by atoms with Gasteiger partial charge in [-0.3, -0.25) is 0 Å². The van der Waals surface area contributed by atoms with Crippen molar-refractivity contribution < 1.29 is 0 Å². The standard InChI is InChI=1S/C12H8.2CH3.Sn/c1-3-7-11(8-4-1)12-9-5-2-6-10-12;;;/h1-7,9H;2*1H3;. The van der Waals surface area contributed by atoms with Crippen LogP contribution in [0.2, 0.25) is 9.88 Å². The fraction of sp³-hybridized carbons (Fsp3) is 0.143. The summed E-state index contributed by atoms with van der Waals surface area (Å²) >= 11 is -2.17. The summed E-state index contributed by atoms with van der Waals surface area (Å²) in [5.74, 6) is 0. The van der Waals surface area contributed by atoms with Crippen LogP contribution < -0.4 is 7.16 Å². The predicted octanol–water partition coefficient (Wildman–Crippen LogP) is 2.49. The average molecular weight is 301 g/mol. The zero-order chi connectivity index (χ0) is 10.5. The zero-order valence-corrected chi connectivity index (χ0v) is 12.0. The minimum absolute atomic E-state index is 1.49. The Morgan fingerprint density at radius 1 is 0.667 bits per heavy atom. The van der Waals surface area contributed by atoms with Crippen molar-refractivity contribution in [1.82, 2.24) is 0 Å². The molecule has 0 unspecified atom stereocenters. The second kappa shape index (κ2) is 3.11. The van der Waals surface area contributed by atoms with Gasteiger partial charge >= 0.3 is 95.1 Å². The van der Waals surface area contributed by atoms with Gasteiger partial charge in [-0.05, 0) is 0 Å². The first-order valence-electron chi connectivity index (χ1n) is 5.40. The van der Waals surface area contributed by atoms with E-state index in [0.717, 1.165) is 0 Å². The second-order valence-corrected chi connectivity index (χ2v) is 17.1. The van der Waals surface area contributed by atoms with E-state index >= 15 is 0 Å². The monoisotopic (exact) mass is 302 g/mol. The topological polar surface area (TPSA) is 0 Å². The molecule has 0 atom stereocenters. The van der Waals surface area contributed by atoms with Gasteiger partial charge in [-0.2, -0.15) is 0 Å². The Hall–Kier alpha value is -0.761. The Morgan fingerprint density at radius 3 is 1.53 bits per heavy atom. The fourth-order valence-corrected chi connectivity index (χ4v) is 11.5. The van der Waals surface area contributed by atoms with Gasteiger partial charge in [0.25, 0.3) is 0 Å².